The summed E-state index contributed by atoms with van der Waals surface area (Å²) in [7, 11) is 1.46. The average molecular weight is 319 g/mol. The molecule has 0 aliphatic carbocycles. The van der Waals surface area contributed by atoms with Gasteiger partial charge in [-0.25, -0.2) is 9.37 Å². The number of pyridine rings is 2. The van der Waals surface area contributed by atoms with Crippen LogP contribution in [-0.4, -0.2) is 17.1 Å². The lowest BCUT2D eigenvalue weighted by atomic mass is 9.99. The molecule has 2 aromatic heterocycles. The first-order valence-electron chi connectivity index (χ1n) is 7.30. The number of ether oxygens (including phenoxy) is 1. The summed E-state index contributed by atoms with van der Waals surface area (Å²) < 4.78 is 18.5. The van der Waals surface area contributed by atoms with Crippen molar-refractivity contribution in [2.75, 3.05) is 7.11 Å². The molecule has 0 aliphatic rings. The lowest BCUT2D eigenvalue weighted by molar-refractivity contribution is 0.397. The first-order chi connectivity index (χ1) is 11.6. The van der Waals surface area contributed by atoms with Crippen molar-refractivity contribution in [3.63, 3.8) is 0 Å². The molecule has 0 N–H and O–H groups in total. The molecule has 24 heavy (non-hydrogen) atoms. The van der Waals surface area contributed by atoms with Crippen LogP contribution in [0.2, 0.25) is 0 Å². The number of methoxy groups -OCH3 is 1. The van der Waals surface area contributed by atoms with Crippen molar-refractivity contribution in [2.45, 2.75) is 6.92 Å². The third-order valence-electron chi connectivity index (χ3n) is 3.62. The highest BCUT2D eigenvalue weighted by Crippen LogP contribution is 2.32. The van der Waals surface area contributed by atoms with Gasteiger partial charge in [0.25, 0.3) is 0 Å². The molecule has 0 atom stereocenters. The van der Waals surface area contributed by atoms with Crippen LogP contribution >= 0.6 is 0 Å². The minimum absolute atomic E-state index is 0.220. The molecule has 2 heterocycles. The van der Waals surface area contributed by atoms with Crippen LogP contribution in [0.5, 0.6) is 5.88 Å². The Balaban J connectivity index is 2.25. The third kappa shape index (κ3) is 2.95. The number of hydrogen-bond acceptors (Lipinski definition) is 4. The molecule has 3 rings (SSSR count). The predicted molar refractivity (Wildman–Crippen MR) is 88.9 cm³/mol. The Kier molecular flexibility index (Phi) is 4.21. The molecule has 0 fully saturated rings. The molecular weight excluding hydrogens is 305 g/mol. The number of aryl methyl sites for hydroxylation is 1. The van der Waals surface area contributed by atoms with E-state index >= 15 is 0 Å². The molecule has 0 aliphatic heterocycles. The van der Waals surface area contributed by atoms with Crippen molar-refractivity contribution in [1.29, 1.82) is 5.26 Å². The highest BCUT2D eigenvalue weighted by atomic mass is 19.1. The highest BCUT2D eigenvalue weighted by Gasteiger charge is 2.16. The molecule has 3 aromatic rings. The minimum atomic E-state index is -0.334. The Morgan fingerprint density at radius 2 is 1.83 bits per heavy atom. The van der Waals surface area contributed by atoms with Gasteiger partial charge in [-0.2, -0.15) is 5.26 Å². The number of nitrogens with zero attached hydrogens (tertiary/aromatic N) is 3. The monoisotopic (exact) mass is 319 g/mol. The lowest BCUT2D eigenvalue weighted by Gasteiger charge is -2.11. The summed E-state index contributed by atoms with van der Waals surface area (Å²) in [5.74, 6) is -0.114. The second-order valence-corrected chi connectivity index (χ2v) is 5.28. The predicted octanol–water partition coefficient (Wildman–Crippen LogP) is 4.14. The van der Waals surface area contributed by atoms with Crippen LogP contribution in [0.15, 0.2) is 48.7 Å². The van der Waals surface area contributed by atoms with Crippen LogP contribution in [0.3, 0.4) is 0 Å². The second kappa shape index (κ2) is 6.47. The third-order valence-corrected chi connectivity index (χ3v) is 3.62. The van der Waals surface area contributed by atoms with Crippen LogP contribution in [0.4, 0.5) is 4.39 Å². The number of nitriles is 1. The summed E-state index contributed by atoms with van der Waals surface area (Å²) in [6, 6.07) is 13.6. The molecule has 0 amide bonds. The maximum atomic E-state index is 13.2. The van der Waals surface area contributed by atoms with Crippen molar-refractivity contribution in [3.05, 3.63) is 65.6 Å². The molecule has 5 heteroatoms. The SMILES string of the molecule is COc1nc(-c2cc(C)ccn2)cc(-c2ccc(F)cc2)c1C#N. The zero-order chi connectivity index (χ0) is 17.1. The van der Waals surface area contributed by atoms with Crippen molar-refractivity contribution in [1.82, 2.24) is 9.97 Å². The van der Waals surface area contributed by atoms with Gasteiger partial charge in [-0.15, -0.1) is 0 Å². The number of hydrogen-bond donors (Lipinski definition) is 0. The van der Waals surface area contributed by atoms with Gasteiger partial charge in [-0.05, 0) is 48.4 Å². The molecule has 0 radical (unpaired) electrons. The summed E-state index contributed by atoms with van der Waals surface area (Å²) in [5.41, 5.74) is 3.97. The molecule has 0 unspecified atom stereocenters. The molecule has 1 aromatic carbocycles. The van der Waals surface area contributed by atoms with Gasteiger partial charge in [-0.1, -0.05) is 12.1 Å². The molecule has 0 bridgehead atoms. The van der Waals surface area contributed by atoms with Gasteiger partial charge in [0.2, 0.25) is 5.88 Å². The normalized spacial score (nSPS) is 10.2. The zero-order valence-electron chi connectivity index (χ0n) is 13.2. The van der Waals surface area contributed by atoms with E-state index in [4.69, 9.17) is 4.74 Å². The molecule has 0 saturated heterocycles. The van der Waals surface area contributed by atoms with Crippen LogP contribution < -0.4 is 4.74 Å². The number of halogens is 1. The first-order valence-corrected chi connectivity index (χ1v) is 7.30. The molecule has 0 spiro atoms. The van der Waals surface area contributed by atoms with E-state index in [9.17, 15) is 9.65 Å². The highest BCUT2D eigenvalue weighted by molar-refractivity contribution is 5.77. The van der Waals surface area contributed by atoms with E-state index in [-0.39, 0.29) is 11.7 Å². The van der Waals surface area contributed by atoms with Gasteiger partial charge in [0.15, 0.2) is 0 Å². The Labute approximate surface area is 139 Å². The van der Waals surface area contributed by atoms with Gasteiger partial charge in [0, 0.05) is 11.8 Å². The first kappa shape index (κ1) is 15.6. The van der Waals surface area contributed by atoms with Gasteiger partial charge >= 0.3 is 0 Å². The van der Waals surface area contributed by atoms with E-state index in [0.717, 1.165) is 5.56 Å². The topological polar surface area (TPSA) is 58.8 Å². The lowest BCUT2D eigenvalue weighted by Crippen LogP contribution is -1.98. The van der Waals surface area contributed by atoms with E-state index in [0.29, 0.717) is 28.1 Å². The maximum absolute atomic E-state index is 13.2. The summed E-state index contributed by atoms with van der Waals surface area (Å²) >= 11 is 0. The minimum Gasteiger partial charge on any atom is -0.480 e. The van der Waals surface area contributed by atoms with Crippen molar-refractivity contribution in [2.24, 2.45) is 0 Å². The van der Waals surface area contributed by atoms with Crippen molar-refractivity contribution in [3.8, 4) is 34.5 Å². The quantitative estimate of drug-likeness (QED) is 0.728. The van der Waals surface area contributed by atoms with Gasteiger partial charge in [-0.3, -0.25) is 4.98 Å². The van der Waals surface area contributed by atoms with E-state index < -0.39 is 0 Å². The molecule has 0 saturated carbocycles. The van der Waals surface area contributed by atoms with Crippen molar-refractivity contribution >= 4 is 0 Å². The largest absolute Gasteiger partial charge is 0.480 e. The Bertz CT molecular complexity index is 930. The van der Waals surface area contributed by atoms with Crippen LogP contribution in [0, 0.1) is 24.1 Å². The molecule has 4 nitrogen and oxygen atoms in total. The van der Waals surface area contributed by atoms with E-state index in [1.165, 1.54) is 19.2 Å². The fraction of sp³-hybridized carbons (Fsp3) is 0.105. The summed E-state index contributed by atoms with van der Waals surface area (Å²) in [4.78, 5) is 8.72. The van der Waals surface area contributed by atoms with Gasteiger partial charge in [0.05, 0.1) is 18.5 Å². The average Bonchev–Trinajstić information content (AvgIpc) is 2.61. The summed E-state index contributed by atoms with van der Waals surface area (Å²) in [5, 5.41) is 9.49. The standard InChI is InChI=1S/C19H14FN3O/c1-12-7-8-22-17(9-12)18-10-15(13-3-5-14(20)6-4-13)16(11-21)19(23-18)24-2/h3-10H,1-2H3. The van der Waals surface area contributed by atoms with Crippen molar-refractivity contribution < 1.29 is 9.13 Å². The van der Waals surface area contributed by atoms with Gasteiger partial charge in [0.1, 0.15) is 17.4 Å². The van der Waals surface area contributed by atoms with Crippen LogP contribution in [0.25, 0.3) is 22.5 Å². The Hall–Kier alpha value is -3.26. The smallest absolute Gasteiger partial charge is 0.232 e. The zero-order valence-corrected chi connectivity index (χ0v) is 13.2. The van der Waals surface area contributed by atoms with Crippen LogP contribution in [-0.2, 0) is 0 Å². The molecular formula is C19H14FN3O. The Morgan fingerprint density at radius 3 is 2.46 bits per heavy atom. The number of rotatable bonds is 3. The summed E-state index contributed by atoms with van der Waals surface area (Å²) in [6.07, 6.45) is 1.70. The van der Waals surface area contributed by atoms with E-state index in [2.05, 4.69) is 16.0 Å². The number of aromatic nitrogens is 2. The molecule has 118 valence electrons. The number of benzene rings is 1. The maximum Gasteiger partial charge on any atom is 0.232 e. The fourth-order valence-corrected chi connectivity index (χ4v) is 2.44. The van der Waals surface area contributed by atoms with Crippen LogP contribution in [0.1, 0.15) is 11.1 Å². The van der Waals surface area contributed by atoms with Gasteiger partial charge < -0.3 is 4.74 Å². The Morgan fingerprint density at radius 1 is 1.08 bits per heavy atom. The van der Waals surface area contributed by atoms with E-state index in [1.807, 2.05) is 19.1 Å². The summed E-state index contributed by atoms with van der Waals surface area (Å²) in [6.45, 7) is 1.97. The fourth-order valence-electron chi connectivity index (χ4n) is 2.44. The van der Waals surface area contributed by atoms with E-state index in [1.54, 1.807) is 24.4 Å². The second-order valence-electron chi connectivity index (χ2n) is 5.28.